The smallest absolute Gasteiger partial charge is 0.343 e. The number of phenols is 2. The summed E-state index contributed by atoms with van der Waals surface area (Å²) in [4.78, 5) is 24.4. The summed E-state index contributed by atoms with van der Waals surface area (Å²) in [6.07, 6.45) is 0. The van der Waals surface area contributed by atoms with Gasteiger partial charge in [-0.2, -0.15) is 0 Å². The topological polar surface area (TPSA) is 93.1 Å². The number of carbonyl (C=O) groups excluding carboxylic acids is 2. The Labute approximate surface area is 171 Å². The highest BCUT2D eigenvalue weighted by molar-refractivity contribution is 5.93. The first-order valence-corrected chi connectivity index (χ1v) is 9.04. The van der Waals surface area contributed by atoms with Crippen LogP contribution < -0.4 is 9.47 Å². The maximum atomic E-state index is 12.2. The first-order valence-electron chi connectivity index (χ1n) is 9.04. The Hall–Kier alpha value is -4.32. The molecule has 0 spiro atoms. The molecule has 0 unspecified atom stereocenters. The van der Waals surface area contributed by atoms with Crippen molar-refractivity contribution in [1.29, 1.82) is 0 Å². The third-order valence-electron chi connectivity index (χ3n) is 4.41. The van der Waals surface area contributed by atoms with E-state index in [2.05, 4.69) is 0 Å². The molecule has 0 fully saturated rings. The molecule has 0 aromatic heterocycles. The molecular formula is C24H16O6. The molecule has 0 atom stereocenters. The van der Waals surface area contributed by atoms with E-state index in [1.54, 1.807) is 36.4 Å². The number of hydrogen-bond donors (Lipinski definition) is 2. The standard InChI is InChI=1S/C24H16O6/c25-19-7-1-15(2-8-19)23(27)29-21-11-5-18-14-22(12-6-17(18)13-21)30-24(28)16-3-9-20(26)10-4-16/h1-14,25-26H. The Morgan fingerprint density at radius 1 is 0.533 bits per heavy atom. The second kappa shape index (κ2) is 7.97. The van der Waals surface area contributed by atoms with Gasteiger partial charge in [0.05, 0.1) is 11.1 Å². The molecule has 0 bridgehead atoms. The summed E-state index contributed by atoms with van der Waals surface area (Å²) in [7, 11) is 0. The molecule has 2 N–H and O–H groups in total. The molecule has 0 amide bonds. The van der Waals surface area contributed by atoms with E-state index in [-0.39, 0.29) is 11.5 Å². The average molecular weight is 400 g/mol. The van der Waals surface area contributed by atoms with E-state index in [1.165, 1.54) is 48.5 Å². The van der Waals surface area contributed by atoms with Crippen LogP contribution in [0.5, 0.6) is 23.0 Å². The SMILES string of the molecule is O=C(Oc1ccc2cc(OC(=O)c3ccc(O)cc3)ccc2c1)c1ccc(O)cc1. The van der Waals surface area contributed by atoms with Crippen LogP contribution in [0, 0.1) is 0 Å². The Balaban J connectivity index is 1.49. The van der Waals surface area contributed by atoms with E-state index in [4.69, 9.17) is 9.47 Å². The van der Waals surface area contributed by atoms with Crippen LogP contribution in [0.15, 0.2) is 84.9 Å². The minimum Gasteiger partial charge on any atom is -0.508 e. The summed E-state index contributed by atoms with van der Waals surface area (Å²) < 4.78 is 10.8. The Kier molecular flexibility index (Phi) is 5.05. The zero-order valence-corrected chi connectivity index (χ0v) is 15.6. The minimum absolute atomic E-state index is 0.0687. The number of carbonyl (C=O) groups is 2. The maximum absolute atomic E-state index is 12.2. The predicted octanol–water partition coefficient (Wildman–Crippen LogP) is 4.69. The van der Waals surface area contributed by atoms with Crippen molar-refractivity contribution in [2.75, 3.05) is 0 Å². The van der Waals surface area contributed by atoms with Crippen LogP contribution in [0.4, 0.5) is 0 Å². The van der Waals surface area contributed by atoms with Gasteiger partial charge in [0.25, 0.3) is 0 Å². The highest BCUT2D eigenvalue weighted by atomic mass is 16.5. The van der Waals surface area contributed by atoms with Crippen LogP contribution in [-0.2, 0) is 0 Å². The molecule has 4 aromatic rings. The van der Waals surface area contributed by atoms with Gasteiger partial charge in [0.2, 0.25) is 0 Å². The van der Waals surface area contributed by atoms with Crippen LogP contribution in [0.1, 0.15) is 20.7 Å². The molecule has 0 heterocycles. The van der Waals surface area contributed by atoms with E-state index in [0.717, 1.165) is 10.8 Å². The summed E-state index contributed by atoms with van der Waals surface area (Å²) in [6.45, 7) is 0. The number of esters is 2. The number of hydrogen-bond acceptors (Lipinski definition) is 6. The fourth-order valence-corrected chi connectivity index (χ4v) is 2.86. The van der Waals surface area contributed by atoms with Crippen LogP contribution in [-0.4, -0.2) is 22.2 Å². The molecule has 4 aromatic carbocycles. The Bertz CT molecular complexity index is 1130. The average Bonchev–Trinajstić information content (AvgIpc) is 2.74. The van der Waals surface area contributed by atoms with Gasteiger partial charge >= 0.3 is 11.9 Å². The fourth-order valence-electron chi connectivity index (χ4n) is 2.86. The molecule has 6 nitrogen and oxygen atoms in total. The quantitative estimate of drug-likeness (QED) is 0.381. The van der Waals surface area contributed by atoms with Gasteiger partial charge in [-0.25, -0.2) is 9.59 Å². The highest BCUT2D eigenvalue weighted by Crippen LogP contribution is 2.26. The first-order chi connectivity index (χ1) is 14.5. The van der Waals surface area contributed by atoms with Gasteiger partial charge in [-0.1, -0.05) is 12.1 Å². The molecule has 30 heavy (non-hydrogen) atoms. The normalized spacial score (nSPS) is 10.5. The zero-order chi connectivity index (χ0) is 21.1. The third-order valence-corrected chi connectivity index (χ3v) is 4.41. The number of benzene rings is 4. The molecular weight excluding hydrogens is 384 g/mol. The van der Waals surface area contributed by atoms with Gasteiger partial charge in [0.1, 0.15) is 23.0 Å². The van der Waals surface area contributed by atoms with Crippen molar-refractivity contribution in [3.05, 3.63) is 96.1 Å². The largest absolute Gasteiger partial charge is 0.508 e. The monoisotopic (exact) mass is 400 g/mol. The first kappa shape index (κ1) is 19.0. The van der Waals surface area contributed by atoms with Crippen molar-refractivity contribution in [2.24, 2.45) is 0 Å². The number of ether oxygens (including phenoxy) is 2. The van der Waals surface area contributed by atoms with Crippen molar-refractivity contribution in [3.8, 4) is 23.0 Å². The van der Waals surface area contributed by atoms with Crippen molar-refractivity contribution in [1.82, 2.24) is 0 Å². The van der Waals surface area contributed by atoms with Gasteiger partial charge < -0.3 is 19.7 Å². The van der Waals surface area contributed by atoms with E-state index in [0.29, 0.717) is 22.6 Å². The Morgan fingerprint density at radius 3 is 1.27 bits per heavy atom. The maximum Gasteiger partial charge on any atom is 0.343 e. The summed E-state index contributed by atoms with van der Waals surface area (Å²) >= 11 is 0. The van der Waals surface area contributed by atoms with Gasteiger partial charge in [0, 0.05) is 0 Å². The number of fused-ring (bicyclic) bond motifs is 1. The van der Waals surface area contributed by atoms with Crippen molar-refractivity contribution in [3.63, 3.8) is 0 Å². The van der Waals surface area contributed by atoms with Gasteiger partial charge in [-0.05, 0) is 83.6 Å². The number of rotatable bonds is 4. The van der Waals surface area contributed by atoms with Crippen LogP contribution in [0.2, 0.25) is 0 Å². The molecule has 6 heteroatoms. The molecule has 0 radical (unpaired) electrons. The lowest BCUT2D eigenvalue weighted by molar-refractivity contribution is 0.0725. The summed E-state index contributed by atoms with van der Waals surface area (Å²) in [5.74, 6) is -0.190. The van der Waals surface area contributed by atoms with Gasteiger partial charge in [-0.15, -0.1) is 0 Å². The summed E-state index contributed by atoms with van der Waals surface area (Å²) in [5, 5.41) is 20.2. The predicted molar refractivity (Wildman–Crippen MR) is 110 cm³/mol. The summed E-state index contributed by atoms with van der Waals surface area (Å²) in [5.41, 5.74) is 0.647. The molecule has 0 saturated heterocycles. The van der Waals surface area contributed by atoms with Crippen molar-refractivity contribution in [2.45, 2.75) is 0 Å². The lowest BCUT2D eigenvalue weighted by Crippen LogP contribution is -2.08. The van der Waals surface area contributed by atoms with E-state index in [9.17, 15) is 19.8 Å². The van der Waals surface area contributed by atoms with Crippen LogP contribution >= 0.6 is 0 Å². The Morgan fingerprint density at radius 2 is 0.900 bits per heavy atom. The summed E-state index contributed by atoms with van der Waals surface area (Å²) in [6, 6.07) is 21.8. The van der Waals surface area contributed by atoms with Gasteiger partial charge in [0.15, 0.2) is 0 Å². The van der Waals surface area contributed by atoms with Gasteiger partial charge in [-0.3, -0.25) is 0 Å². The molecule has 0 aliphatic carbocycles. The third kappa shape index (κ3) is 4.23. The number of phenolic OH excluding ortho intramolecular Hbond substituents is 2. The second-order valence-electron chi connectivity index (χ2n) is 6.54. The van der Waals surface area contributed by atoms with Crippen LogP contribution in [0.3, 0.4) is 0 Å². The van der Waals surface area contributed by atoms with Crippen LogP contribution in [0.25, 0.3) is 10.8 Å². The lowest BCUT2D eigenvalue weighted by Gasteiger charge is -2.08. The zero-order valence-electron chi connectivity index (χ0n) is 15.6. The number of aromatic hydroxyl groups is 2. The molecule has 148 valence electrons. The molecule has 4 rings (SSSR count). The van der Waals surface area contributed by atoms with Crippen molar-refractivity contribution >= 4 is 22.7 Å². The van der Waals surface area contributed by atoms with E-state index < -0.39 is 11.9 Å². The van der Waals surface area contributed by atoms with E-state index >= 15 is 0 Å². The molecule has 0 saturated carbocycles. The molecule has 0 aliphatic heterocycles. The molecule has 0 aliphatic rings. The fraction of sp³-hybridized carbons (Fsp3) is 0. The minimum atomic E-state index is -0.534. The van der Waals surface area contributed by atoms with E-state index in [1.807, 2.05) is 0 Å². The van der Waals surface area contributed by atoms with Crippen molar-refractivity contribution < 1.29 is 29.3 Å². The highest BCUT2D eigenvalue weighted by Gasteiger charge is 2.11. The second-order valence-corrected chi connectivity index (χ2v) is 6.54. The lowest BCUT2D eigenvalue weighted by atomic mass is 10.1.